The molecular weight excluding hydrogens is 279 g/mol. The zero-order valence-corrected chi connectivity index (χ0v) is 11.8. The van der Waals surface area contributed by atoms with Gasteiger partial charge in [0.25, 0.3) is 0 Å². The van der Waals surface area contributed by atoms with E-state index in [1.165, 1.54) is 43.5 Å². The molecule has 0 aliphatic carbocycles. The van der Waals surface area contributed by atoms with Crippen molar-refractivity contribution in [3.63, 3.8) is 0 Å². The molecule has 0 bridgehead atoms. The first-order valence-electron chi connectivity index (χ1n) is 6.52. The van der Waals surface area contributed by atoms with Crippen LogP contribution in [0.2, 0.25) is 0 Å². The molecule has 0 spiro atoms. The van der Waals surface area contributed by atoms with Crippen LogP contribution < -0.4 is 10.1 Å². The Morgan fingerprint density at radius 3 is 2.38 bits per heavy atom. The van der Waals surface area contributed by atoms with Gasteiger partial charge in [-0.25, -0.2) is 13.2 Å². The van der Waals surface area contributed by atoms with Gasteiger partial charge in [0.2, 0.25) is 0 Å². The average molecular weight is 295 g/mol. The predicted octanol–water partition coefficient (Wildman–Crippen LogP) is 3.96. The van der Waals surface area contributed by atoms with Crippen LogP contribution in [0.3, 0.4) is 0 Å². The lowest BCUT2D eigenvalue weighted by molar-refractivity contribution is 0.399. The maximum absolute atomic E-state index is 13.5. The summed E-state index contributed by atoms with van der Waals surface area (Å²) in [6.45, 7) is 1.77. The maximum Gasteiger partial charge on any atom is 0.130 e. The fourth-order valence-electron chi connectivity index (χ4n) is 2.11. The Morgan fingerprint density at radius 1 is 1.10 bits per heavy atom. The Bertz CT molecular complexity index is 611. The molecule has 2 aromatic rings. The van der Waals surface area contributed by atoms with Crippen molar-refractivity contribution in [2.24, 2.45) is 0 Å². The van der Waals surface area contributed by atoms with Gasteiger partial charge in [-0.2, -0.15) is 0 Å². The maximum atomic E-state index is 13.5. The molecule has 0 fully saturated rings. The van der Waals surface area contributed by atoms with Gasteiger partial charge in [-0.05, 0) is 37.3 Å². The highest BCUT2D eigenvalue weighted by Crippen LogP contribution is 2.26. The van der Waals surface area contributed by atoms with Gasteiger partial charge >= 0.3 is 0 Å². The number of hydrogen-bond donors (Lipinski definition) is 1. The van der Waals surface area contributed by atoms with E-state index in [0.29, 0.717) is 11.3 Å². The molecule has 0 radical (unpaired) electrons. The van der Waals surface area contributed by atoms with Crippen LogP contribution in [0.15, 0.2) is 36.4 Å². The smallest absolute Gasteiger partial charge is 0.130 e. The molecule has 0 aliphatic rings. The van der Waals surface area contributed by atoms with Crippen molar-refractivity contribution in [1.29, 1.82) is 0 Å². The van der Waals surface area contributed by atoms with E-state index in [1.807, 2.05) is 0 Å². The van der Waals surface area contributed by atoms with E-state index in [2.05, 4.69) is 5.32 Å². The van der Waals surface area contributed by atoms with Crippen LogP contribution in [0.25, 0.3) is 0 Å². The lowest BCUT2D eigenvalue weighted by atomic mass is 10.1. The van der Waals surface area contributed by atoms with Gasteiger partial charge in [0.1, 0.15) is 23.2 Å². The largest absolute Gasteiger partial charge is 0.496 e. The molecule has 0 heterocycles. The lowest BCUT2D eigenvalue weighted by Gasteiger charge is -2.18. The van der Waals surface area contributed by atoms with Crippen LogP contribution in [0, 0.1) is 17.5 Å². The van der Waals surface area contributed by atoms with Gasteiger partial charge in [-0.3, -0.25) is 0 Å². The van der Waals surface area contributed by atoms with Crippen LogP contribution in [0.5, 0.6) is 5.75 Å². The molecule has 0 aromatic heterocycles. The first-order chi connectivity index (χ1) is 10.0. The van der Waals surface area contributed by atoms with Crippen LogP contribution >= 0.6 is 0 Å². The second kappa shape index (κ2) is 6.63. The highest BCUT2D eigenvalue weighted by Gasteiger charge is 2.14. The molecule has 0 saturated carbocycles. The van der Waals surface area contributed by atoms with Crippen molar-refractivity contribution in [3.05, 3.63) is 65.0 Å². The summed E-state index contributed by atoms with van der Waals surface area (Å²) in [5.41, 5.74) is 0.550. The van der Waals surface area contributed by atoms with Crippen molar-refractivity contribution in [2.75, 3.05) is 7.11 Å². The van der Waals surface area contributed by atoms with Crippen molar-refractivity contribution >= 4 is 0 Å². The molecule has 112 valence electrons. The molecule has 21 heavy (non-hydrogen) atoms. The summed E-state index contributed by atoms with van der Waals surface area (Å²) in [5, 5.41) is 2.97. The highest BCUT2D eigenvalue weighted by atomic mass is 19.1. The quantitative estimate of drug-likeness (QED) is 0.901. The molecule has 5 heteroatoms. The van der Waals surface area contributed by atoms with Crippen molar-refractivity contribution < 1.29 is 17.9 Å². The average Bonchev–Trinajstić information content (AvgIpc) is 2.46. The Balaban J connectivity index is 2.15. The second-order valence-electron chi connectivity index (χ2n) is 4.69. The zero-order chi connectivity index (χ0) is 15.4. The Labute approximate surface area is 121 Å². The SMILES string of the molecule is COc1ccc(F)cc1C(C)NCc1c(F)cccc1F. The minimum Gasteiger partial charge on any atom is -0.496 e. The number of benzene rings is 2. The van der Waals surface area contributed by atoms with Crippen molar-refractivity contribution in [2.45, 2.75) is 19.5 Å². The number of hydrogen-bond acceptors (Lipinski definition) is 2. The van der Waals surface area contributed by atoms with Gasteiger partial charge in [-0.1, -0.05) is 6.07 Å². The first kappa shape index (κ1) is 15.4. The molecule has 1 atom stereocenters. The Hall–Kier alpha value is -2.01. The number of methoxy groups -OCH3 is 1. The molecule has 2 nitrogen and oxygen atoms in total. The minimum absolute atomic E-state index is 0.000654. The van der Waals surface area contributed by atoms with E-state index in [4.69, 9.17) is 4.74 Å². The molecule has 0 saturated heterocycles. The van der Waals surface area contributed by atoms with Crippen LogP contribution in [-0.4, -0.2) is 7.11 Å². The summed E-state index contributed by atoms with van der Waals surface area (Å²) in [6.07, 6.45) is 0. The minimum atomic E-state index is -0.610. The molecule has 1 unspecified atom stereocenters. The van der Waals surface area contributed by atoms with E-state index in [-0.39, 0.29) is 18.2 Å². The number of halogens is 3. The normalized spacial score (nSPS) is 12.2. The summed E-state index contributed by atoms with van der Waals surface area (Å²) < 4.78 is 45.6. The number of rotatable bonds is 5. The number of nitrogens with one attached hydrogen (secondary N) is 1. The fraction of sp³-hybridized carbons (Fsp3) is 0.250. The van der Waals surface area contributed by atoms with Gasteiger partial charge < -0.3 is 10.1 Å². The predicted molar refractivity (Wildman–Crippen MR) is 74.6 cm³/mol. The molecule has 2 rings (SSSR count). The van der Waals surface area contributed by atoms with Crippen molar-refractivity contribution in [1.82, 2.24) is 5.32 Å². The second-order valence-corrected chi connectivity index (χ2v) is 4.69. The molecule has 0 aliphatic heterocycles. The zero-order valence-electron chi connectivity index (χ0n) is 11.8. The molecule has 2 aromatic carbocycles. The van der Waals surface area contributed by atoms with Gasteiger partial charge in [0, 0.05) is 23.7 Å². The molecule has 1 N–H and O–H groups in total. The van der Waals surface area contributed by atoms with E-state index in [1.54, 1.807) is 6.92 Å². The summed E-state index contributed by atoms with van der Waals surface area (Å²) in [6, 6.07) is 7.55. The van der Waals surface area contributed by atoms with Crippen LogP contribution in [-0.2, 0) is 6.54 Å². The highest BCUT2D eigenvalue weighted by molar-refractivity contribution is 5.36. The van der Waals surface area contributed by atoms with E-state index in [9.17, 15) is 13.2 Å². The summed E-state index contributed by atoms with van der Waals surface area (Å²) >= 11 is 0. The number of ether oxygens (including phenoxy) is 1. The van der Waals surface area contributed by atoms with Gasteiger partial charge in [0.15, 0.2) is 0 Å². The van der Waals surface area contributed by atoms with Gasteiger partial charge in [0.05, 0.1) is 7.11 Å². The van der Waals surface area contributed by atoms with E-state index >= 15 is 0 Å². The van der Waals surface area contributed by atoms with Crippen LogP contribution in [0.4, 0.5) is 13.2 Å². The van der Waals surface area contributed by atoms with Gasteiger partial charge in [-0.15, -0.1) is 0 Å². The summed E-state index contributed by atoms with van der Waals surface area (Å²) in [7, 11) is 1.49. The molecule has 0 amide bonds. The topological polar surface area (TPSA) is 21.3 Å². The molecular formula is C16H16F3NO. The van der Waals surface area contributed by atoms with E-state index < -0.39 is 17.5 Å². The Morgan fingerprint density at radius 2 is 1.76 bits per heavy atom. The van der Waals surface area contributed by atoms with E-state index in [0.717, 1.165) is 0 Å². The summed E-state index contributed by atoms with van der Waals surface area (Å²) in [4.78, 5) is 0. The fourth-order valence-corrected chi connectivity index (χ4v) is 2.11. The third kappa shape index (κ3) is 3.55. The summed E-state index contributed by atoms with van der Waals surface area (Å²) in [5.74, 6) is -1.09. The Kier molecular flexibility index (Phi) is 4.85. The van der Waals surface area contributed by atoms with Crippen LogP contribution in [0.1, 0.15) is 24.1 Å². The first-order valence-corrected chi connectivity index (χ1v) is 6.52. The third-order valence-electron chi connectivity index (χ3n) is 3.30. The van der Waals surface area contributed by atoms with Crippen molar-refractivity contribution in [3.8, 4) is 5.75 Å². The monoisotopic (exact) mass is 295 g/mol. The standard InChI is InChI=1S/C16H16F3NO/c1-10(12-8-11(17)6-7-16(12)21-2)20-9-13-14(18)4-3-5-15(13)19/h3-8,10,20H,9H2,1-2H3. The third-order valence-corrected chi connectivity index (χ3v) is 3.30. The lowest BCUT2D eigenvalue weighted by Crippen LogP contribution is -2.20.